The first-order valence-electron chi connectivity index (χ1n) is 10.9. The summed E-state index contributed by atoms with van der Waals surface area (Å²) in [4.78, 5) is 7.22. The van der Waals surface area contributed by atoms with Crippen molar-refractivity contribution in [2.45, 2.75) is 37.0 Å². The van der Waals surface area contributed by atoms with Crippen LogP contribution in [0.15, 0.2) is 52.4 Å². The summed E-state index contributed by atoms with van der Waals surface area (Å²) in [7, 11) is -0.617. The molecule has 0 saturated carbocycles. The molecule has 1 saturated heterocycles. The summed E-state index contributed by atoms with van der Waals surface area (Å²) in [6.45, 7) is 7.94. The molecule has 0 amide bonds. The van der Waals surface area contributed by atoms with E-state index in [1.807, 2.05) is 25.1 Å². The fourth-order valence-electron chi connectivity index (χ4n) is 4.70. The standard InChI is InChI=1S/C25H30N2O4S/c1-16-6-8-19(9-7-16)32(28,29)24-13-26-21-12-23(31-5)22(30-4)11-20(21)25(24)27-14-17(2)10-18(3)15-27/h6-9,11-13,17-18H,10,14-15H2,1-5H3/t17-,18+. The summed E-state index contributed by atoms with van der Waals surface area (Å²) in [6.07, 6.45) is 2.61. The van der Waals surface area contributed by atoms with E-state index < -0.39 is 9.84 Å². The van der Waals surface area contributed by atoms with E-state index in [-0.39, 0.29) is 9.79 Å². The average molecular weight is 455 g/mol. The SMILES string of the molecule is COc1cc2ncc(S(=O)(=O)c3ccc(C)cc3)c(N3C[C@H](C)C[C@H](C)C3)c2cc1OC. The van der Waals surface area contributed by atoms with E-state index in [1.165, 1.54) is 6.20 Å². The number of methoxy groups -OCH3 is 2. The molecule has 3 aromatic rings. The molecule has 4 rings (SSSR count). The van der Waals surface area contributed by atoms with E-state index in [1.54, 1.807) is 32.4 Å². The van der Waals surface area contributed by atoms with Gasteiger partial charge in [0, 0.05) is 30.7 Å². The summed E-state index contributed by atoms with van der Waals surface area (Å²) in [5.74, 6) is 2.02. The highest BCUT2D eigenvalue weighted by Gasteiger charge is 2.31. The Labute approximate surface area is 190 Å². The summed E-state index contributed by atoms with van der Waals surface area (Å²) < 4.78 is 38.5. The second kappa shape index (κ2) is 8.62. The zero-order valence-electron chi connectivity index (χ0n) is 19.3. The van der Waals surface area contributed by atoms with Gasteiger partial charge in [-0.3, -0.25) is 4.98 Å². The molecule has 1 aromatic heterocycles. The lowest BCUT2D eigenvalue weighted by molar-refractivity contribution is 0.354. The third-order valence-electron chi connectivity index (χ3n) is 6.12. The highest BCUT2D eigenvalue weighted by Crippen LogP contribution is 2.42. The maximum absolute atomic E-state index is 13.8. The largest absolute Gasteiger partial charge is 0.493 e. The van der Waals surface area contributed by atoms with Gasteiger partial charge in [0.2, 0.25) is 9.84 Å². The molecule has 0 unspecified atom stereocenters. The Morgan fingerprint density at radius 2 is 1.56 bits per heavy atom. The number of hydrogen-bond donors (Lipinski definition) is 0. The van der Waals surface area contributed by atoms with Gasteiger partial charge in [-0.1, -0.05) is 31.5 Å². The summed E-state index contributed by atoms with van der Waals surface area (Å²) >= 11 is 0. The number of pyridine rings is 1. The molecule has 7 heteroatoms. The molecule has 0 radical (unpaired) electrons. The first kappa shape index (κ1) is 22.4. The molecule has 1 aliphatic rings. The van der Waals surface area contributed by atoms with Gasteiger partial charge in [-0.2, -0.15) is 0 Å². The lowest BCUT2D eigenvalue weighted by atomic mass is 9.91. The van der Waals surface area contributed by atoms with Gasteiger partial charge < -0.3 is 14.4 Å². The highest BCUT2D eigenvalue weighted by molar-refractivity contribution is 7.91. The topological polar surface area (TPSA) is 68.7 Å². The molecule has 1 fully saturated rings. The monoisotopic (exact) mass is 454 g/mol. The van der Waals surface area contributed by atoms with Crippen LogP contribution in [0.4, 0.5) is 5.69 Å². The Bertz CT molecular complexity index is 1230. The van der Waals surface area contributed by atoms with Crippen LogP contribution < -0.4 is 14.4 Å². The van der Waals surface area contributed by atoms with Crippen LogP contribution >= 0.6 is 0 Å². The molecular formula is C25H30N2O4S. The molecule has 0 N–H and O–H groups in total. The van der Waals surface area contributed by atoms with Gasteiger partial charge in [-0.15, -0.1) is 0 Å². The van der Waals surface area contributed by atoms with Gasteiger partial charge in [0.1, 0.15) is 4.90 Å². The summed E-state index contributed by atoms with van der Waals surface area (Å²) in [5, 5.41) is 0.747. The maximum Gasteiger partial charge on any atom is 0.210 e. The first-order chi connectivity index (χ1) is 15.2. The number of anilines is 1. The Morgan fingerprint density at radius 1 is 0.969 bits per heavy atom. The van der Waals surface area contributed by atoms with E-state index in [2.05, 4.69) is 23.7 Å². The zero-order chi connectivity index (χ0) is 23.0. The van der Waals surface area contributed by atoms with E-state index in [9.17, 15) is 8.42 Å². The first-order valence-corrected chi connectivity index (χ1v) is 12.3. The van der Waals surface area contributed by atoms with E-state index in [0.717, 1.165) is 30.5 Å². The van der Waals surface area contributed by atoms with Gasteiger partial charge in [0.15, 0.2) is 11.5 Å². The van der Waals surface area contributed by atoms with E-state index >= 15 is 0 Å². The number of aryl methyl sites for hydroxylation is 1. The fraction of sp³-hybridized carbons (Fsp3) is 0.400. The number of hydrogen-bond acceptors (Lipinski definition) is 6. The third-order valence-corrected chi connectivity index (χ3v) is 7.89. The van der Waals surface area contributed by atoms with Crippen molar-refractivity contribution in [3.05, 3.63) is 48.2 Å². The molecule has 32 heavy (non-hydrogen) atoms. The van der Waals surface area contributed by atoms with Crippen LogP contribution in [0.5, 0.6) is 11.5 Å². The second-order valence-corrected chi connectivity index (χ2v) is 10.8. The maximum atomic E-state index is 13.8. The van der Waals surface area contributed by atoms with Crippen LogP contribution in [0.2, 0.25) is 0 Å². The lowest BCUT2D eigenvalue weighted by Gasteiger charge is -2.38. The Kier molecular flexibility index (Phi) is 6.03. The average Bonchev–Trinajstić information content (AvgIpc) is 2.76. The van der Waals surface area contributed by atoms with Gasteiger partial charge >= 0.3 is 0 Å². The second-order valence-electron chi connectivity index (χ2n) is 8.86. The van der Waals surface area contributed by atoms with Crippen molar-refractivity contribution in [3.63, 3.8) is 0 Å². The molecule has 0 aliphatic carbocycles. The number of sulfone groups is 1. The van der Waals surface area contributed by atoms with E-state index in [0.29, 0.717) is 34.5 Å². The van der Waals surface area contributed by atoms with Crippen molar-refractivity contribution in [1.29, 1.82) is 0 Å². The number of benzene rings is 2. The Morgan fingerprint density at radius 3 is 2.16 bits per heavy atom. The van der Waals surface area contributed by atoms with Crippen LogP contribution in [0.25, 0.3) is 10.9 Å². The fourth-order valence-corrected chi connectivity index (χ4v) is 6.13. The quantitative estimate of drug-likeness (QED) is 0.548. The number of nitrogens with zero attached hydrogens (tertiary/aromatic N) is 2. The third kappa shape index (κ3) is 4.01. The minimum atomic E-state index is -3.77. The van der Waals surface area contributed by atoms with Gasteiger partial charge in [0.05, 0.1) is 30.3 Å². The molecule has 0 bridgehead atoms. The van der Waals surface area contributed by atoms with Crippen molar-refractivity contribution >= 4 is 26.4 Å². The lowest BCUT2D eigenvalue weighted by Crippen LogP contribution is -2.39. The molecule has 6 nitrogen and oxygen atoms in total. The number of aromatic nitrogens is 1. The van der Waals surface area contributed by atoms with Crippen molar-refractivity contribution in [3.8, 4) is 11.5 Å². The summed E-state index contributed by atoms with van der Waals surface area (Å²) in [6, 6.07) is 10.6. The van der Waals surface area contributed by atoms with Gasteiger partial charge in [0.25, 0.3) is 0 Å². The number of piperidine rings is 1. The molecular weight excluding hydrogens is 424 g/mol. The van der Waals surface area contributed by atoms with Crippen LogP contribution in [0, 0.1) is 18.8 Å². The van der Waals surface area contributed by atoms with Crippen molar-refractivity contribution < 1.29 is 17.9 Å². The minimum absolute atomic E-state index is 0.224. The minimum Gasteiger partial charge on any atom is -0.493 e. The number of rotatable bonds is 5. The molecule has 2 atom stereocenters. The predicted molar refractivity (Wildman–Crippen MR) is 127 cm³/mol. The number of fused-ring (bicyclic) bond motifs is 1. The highest BCUT2D eigenvalue weighted by atomic mass is 32.2. The molecule has 2 heterocycles. The Hall–Kier alpha value is -2.80. The summed E-state index contributed by atoms with van der Waals surface area (Å²) in [5.41, 5.74) is 2.37. The van der Waals surface area contributed by atoms with E-state index in [4.69, 9.17) is 9.47 Å². The molecule has 2 aromatic carbocycles. The zero-order valence-corrected chi connectivity index (χ0v) is 20.1. The van der Waals surface area contributed by atoms with Crippen LogP contribution in [0.1, 0.15) is 25.8 Å². The van der Waals surface area contributed by atoms with Crippen molar-refractivity contribution in [2.75, 3.05) is 32.2 Å². The number of ether oxygens (including phenoxy) is 2. The molecule has 0 spiro atoms. The predicted octanol–water partition coefficient (Wildman–Crippen LogP) is 4.88. The molecule has 1 aliphatic heterocycles. The van der Waals surface area contributed by atoms with Crippen LogP contribution in [0.3, 0.4) is 0 Å². The van der Waals surface area contributed by atoms with Crippen molar-refractivity contribution in [1.82, 2.24) is 4.98 Å². The molecule has 170 valence electrons. The van der Waals surface area contributed by atoms with Crippen LogP contribution in [-0.2, 0) is 9.84 Å². The van der Waals surface area contributed by atoms with Gasteiger partial charge in [-0.25, -0.2) is 8.42 Å². The van der Waals surface area contributed by atoms with Crippen LogP contribution in [-0.4, -0.2) is 40.7 Å². The Balaban J connectivity index is 2.01. The smallest absolute Gasteiger partial charge is 0.210 e. The van der Waals surface area contributed by atoms with Crippen molar-refractivity contribution in [2.24, 2.45) is 11.8 Å². The normalized spacial score (nSPS) is 19.2. The van der Waals surface area contributed by atoms with Gasteiger partial charge in [-0.05, 0) is 43.4 Å².